The van der Waals surface area contributed by atoms with Crippen molar-refractivity contribution in [2.75, 3.05) is 46.0 Å². The second-order valence-corrected chi connectivity index (χ2v) is 8.50. The smallest absolute Gasteiger partial charge is 0.254 e. The molecule has 0 saturated carbocycles. The summed E-state index contributed by atoms with van der Waals surface area (Å²) in [6.07, 6.45) is 5.30. The van der Waals surface area contributed by atoms with Gasteiger partial charge in [0.15, 0.2) is 5.82 Å². The van der Waals surface area contributed by atoms with Crippen LogP contribution >= 0.6 is 0 Å². The van der Waals surface area contributed by atoms with Crippen molar-refractivity contribution in [3.63, 3.8) is 0 Å². The third-order valence-electron chi connectivity index (χ3n) is 6.31. The molecule has 0 radical (unpaired) electrons. The van der Waals surface area contributed by atoms with E-state index in [0.29, 0.717) is 24.5 Å². The van der Waals surface area contributed by atoms with Gasteiger partial charge in [0.1, 0.15) is 18.1 Å². The molecule has 2 saturated heterocycles. The fraction of sp³-hybridized carbons (Fsp3) is 0.385. The van der Waals surface area contributed by atoms with E-state index in [0.717, 1.165) is 62.8 Å². The molecule has 1 atom stereocenters. The van der Waals surface area contributed by atoms with Gasteiger partial charge in [-0.3, -0.25) is 14.7 Å². The lowest BCUT2D eigenvalue weighted by Gasteiger charge is -2.26. The van der Waals surface area contributed by atoms with Gasteiger partial charge in [0.2, 0.25) is 0 Å². The molecule has 34 heavy (non-hydrogen) atoms. The van der Waals surface area contributed by atoms with Crippen LogP contribution in [0, 0.1) is 0 Å². The van der Waals surface area contributed by atoms with E-state index in [-0.39, 0.29) is 11.9 Å². The quantitative estimate of drug-likeness (QED) is 0.537. The maximum absolute atomic E-state index is 13.3. The first kappa shape index (κ1) is 22.4. The summed E-state index contributed by atoms with van der Waals surface area (Å²) < 4.78 is 11.3. The summed E-state index contributed by atoms with van der Waals surface area (Å²) in [5, 5.41) is 0. The predicted molar refractivity (Wildman–Crippen MR) is 127 cm³/mol. The number of pyridine rings is 1. The van der Waals surface area contributed by atoms with Crippen molar-refractivity contribution in [2.45, 2.75) is 18.9 Å². The Bertz CT molecular complexity index is 1090. The molecule has 5 rings (SSSR count). The van der Waals surface area contributed by atoms with Crippen LogP contribution in [0.5, 0.6) is 5.75 Å². The molecule has 0 N–H and O–H groups in total. The largest absolute Gasteiger partial charge is 0.492 e. The van der Waals surface area contributed by atoms with Crippen molar-refractivity contribution in [1.29, 1.82) is 0 Å². The monoisotopic (exact) mass is 459 g/mol. The SMILES string of the molecule is O=C(c1ccc(OCCN2CCOCC2)cc1)N1CCC[C@H]1c1ccnc(-c2ccccn2)n1. The molecule has 2 aromatic heterocycles. The van der Waals surface area contributed by atoms with Crippen molar-refractivity contribution in [2.24, 2.45) is 0 Å². The van der Waals surface area contributed by atoms with Gasteiger partial charge in [0.05, 0.1) is 24.9 Å². The van der Waals surface area contributed by atoms with Gasteiger partial charge in [-0.2, -0.15) is 0 Å². The minimum Gasteiger partial charge on any atom is -0.492 e. The molecule has 0 aliphatic carbocycles. The molecule has 4 heterocycles. The lowest BCUT2D eigenvalue weighted by atomic mass is 10.1. The van der Waals surface area contributed by atoms with Crippen LogP contribution in [0.15, 0.2) is 60.9 Å². The van der Waals surface area contributed by atoms with E-state index in [1.165, 1.54) is 0 Å². The molecule has 8 heteroatoms. The minimum absolute atomic E-state index is 0.0142. The Hall–Kier alpha value is -3.36. The number of ether oxygens (including phenoxy) is 2. The number of nitrogens with zero attached hydrogens (tertiary/aromatic N) is 5. The zero-order chi connectivity index (χ0) is 23.2. The Labute approximate surface area is 199 Å². The summed E-state index contributed by atoms with van der Waals surface area (Å²) in [5.74, 6) is 1.37. The fourth-order valence-corrected chi connectivity index (χ4v) is 4.47. The Morgan fingerprint density at radius 1 is 1.00 bits per heavy atom. The number of carbonyl (C=O) groups excluding carboxylic acids is 1. The molecular formula is C26H29N5O3. The van der Waals surface area contributed by atoms with E-state index in [1.807, 2.05) is 53.4 Å². The number of hydrogen-bond acceptors (Lipinski definition) is 7. The van der Waals surface area contributed by atoms with E-state index in [2.05, 4.69) is 14.9 Å². The van der Waals surface area contributed by atoms with E-state index in [9.17, 15) is 4.79 Å². The van der Waals surface area contributed by atoms with Gasteiger partial charge < -0.3 is 14.4 Å². The number of aromatic nitrogens is 3. The summed E-state index contributed by atoms with van der Waals surface area (Å²) in [6.45, 7) is 5.67. The molecule has 2 aliphatic heterocycles. The number of rotatable bonds is 7. The standard InChI is InChI=1S/C26H29N5O3/c32-26(20-6-8-21(9-7-20)34-19-16-30-14-17-33-18-15-30)31-13-3-5-24(31)22-10-12-28-25(29-22)23-4-1-2-11-27-23/h1-2,4,6-12,24H,3,5,13-19H2/t24-/m0/s1. The van der Waals surface area contributed by atoms with Crippen molar-refractivity contribution >= 4 is 5.91 Å². The molecule has 1 aromatic carbocycles. The summed E-state index contributed by atoms with van der Waals surface area (Å²) >= 11 is 0. The molecule has 2 fully saturated rings. The summed E-state index contributed by atoms with van der Waals surface area (Å²) in [4.78, 5) is 31.0. The van der Waals surface area contributed by atoms with Gasteiger partial charge >= 0.3 is 0 Å². The summed E-state index contributed by atoms with van der Waals surface area (Å²) in [5.41, 5.74) is 2.24. The van der Waals surface area contributed by atoms with Gasteiger partial charge in [-0.15, -0.1) is 0 Å². The zero-order valence-corrected chi connectivity index (χ0v) is 19.2. The van der Waals surface area contributed by atoms with Crippen LogP contribution in [-0.4, -0.2) is 76.7 Å². The van der Waals surface area contributed by atoms with Crippen LogP contribution in [0.3, 0.4) is 0 Å². The minimum atomic E-state index is -0.0672. The first-order valence-corrected chi connectivity index (χ1v) is 11.9. The first-order chi connectivity index (χ1) is 16.8. The molecular weight excluding hydrogens is 430 g/mol. The number of hydrogen-bond donors (Lipinski definition) is 0. The zero-order valence-electron chi connectivity index (χ0n) is 19.2. The van der Waals surface area contributed by atoms with Crippen LogP contribution in [0.1, 0.15) is 34.9 Å². The van der Waals surface area contributed by atoms with Gasteiger partial charge in [0.25, 0.3) is 5.91 Å². The second kappa shape index (κ2) is 10.7. The van der Waals surface area contributed by atoms with Gasteiger partial charge in [-0.25, -0.2) is 9.97 Å². The molecule has 8 nitrogen and oxygen atoms in total. The molecule has 0 unspecified atom stereocenters. The summed E-state index contributed by atoms with van der Waals surface area (Å²) in [6, 6.07) is 15.0. The maximum Gasteiger partial charge on any atom is 0.254 e. The molecule has 0 spiro atoms. The van der Waals surface area contributed by atoms with Gasteiger partial charge in [-0.1, -0.05) is 6.07 Å². The van der Waals surface area contributed by atoms with Crippen molar-refractivity contribution in [3.8, 4) is 17.3 Å². The average molecular weight is 460 g/mol. The Morgan fingerprint density at radius 3 is 2.65 bits per heavy atom. The number of carbonyl (C=O) groups is 1. The van der Waals surface area contributed by atoms with E-state index in [4.69, 9.17) is 14.5 Å². The third kappa shape index (κ3) is 5.24. The van der Waals surface area contributed by atoms with Crippen LogP contribution in [0.4, 0.5) is 0 Å². The molecule has 3 aromatic rings. The lowest BCUT2D eigenvalue weighted by Crippen LogP contribution is -2.38. The predicted octanol–water partition coefficient (Wildman–Crippen LogP) is 3.23. The Balaban J connectivity index is 1.22. The summed E-state index contributed by atoms with van der Waals surface area (Å²) in [7, 11) is 0. The van der Waals surface area contributed by atoms with Crippen LogP contribution in [0.25, 0.3) is 11.5 Å². The van der Waals surface area contributed by atoms with E-state index in [1.54, 1.807) is 12.4 Å². The van der Waals surface area contributed by atoms with Crippen molar-refractivity contribution < 1.29 is 14.3 Å². The molecule has 0 bridgehead atoms. The van der Waals surface area contributed by atoms with E-state index >= 15 is 0 Å². The fourth-order valence-electron chi connectivity index (χ4n) is 4.47. The number of amides is 1. The topological polar surface area (TPSA) is 80.7 Å². The molecule has 2 aliphatic rings. The van der Waals surface area contributed by atoms with Crippen LogP contribution in [0.2, 0.25) is 0 Å². The highest BCUT2D eigenvalue weighted by atomic mass is 16.5. The highest BCUT2D eigenvalue weighted by Crippen LogP contribution is 2.33. The average Bonchev–Trinajstić information content (AvgIpc) is 3.40. The molecule has 176 valence electrons. The van der Waals surface area contributed by atoms with Crippen LogP contribution in [-0.2, 0) is 4.74 Å². The Kier molecular flexibility index (Phi) is 7.07. The Morgan fingerprint density at radius 2 is 1.85 bits per heavy atom. The van der Waals surface area contributed by atoms with E-state index < -0.39 is 0 Å². The van der Waals surface area contributed by atoms with Crippen LogP contribution < -0.4 is 4.74 Å². The van der Waals surface area contributed by atoms with Gasteiger partial charge in [-0.05, 0) is 55.3 Å². The lowest BCUT2D eigenvalue weighted by molar-refractivity contribution is 0.0322. The second-order valence-electron chi connectivity index (χ2n) is 8.50. The normalized spacial score (nSPS) is 18.7. The highest BCUT2D eigenvalue weighted by molar-refractivity contribution is 5.94. The third-order valence-corrected chi connectivity index (χ3v) is 6.31. The number of likely N-dealkylation sites (tertiary alicyclic amines) is 1. The first-order valence-electron chi connectivity index (χ1n) is 11.9. The maximum atomic E-state index is 13.3. The molecule has 1 amide bonds. The van der Waals surface area contributed by atoms with Gasteiger partial charge in [0, 0.05) is 44.1 Å². The number of morpholine rings is 1. The number of benzene rings is 1. The van der Waals surface area contributed by atoms with Crippen molar-refractivity contribution in [1.82, 2.24) is 24.8 Å². The highest BCUT2D eigenvalue weighted by Gasteiger charge is 2.32. The van der Waals surface area contributed by atoms with Crippen molar-refractivity contribution in [3.05, 3.63) is 72.2 Å².